The first-order chi connectivity index (χ1) is 13.1. The van der Waals surface area contributed by atoms with E-state index in [2.05, 4.69) is 17.4 Å². The molecule has 0 bridgehead atoms. The average molecular weight is 403 g/mol. The van der Waals surface area contributed by atoms with E-state index in [1.54, 1.807) is 19.1 Å². The second kappa shape index (κ2) is 9.24. The van der Waals surface area contributed by atoms with E-state index in [9.17, 15) is 13.2 Å². The molecule has 5 nitrogen and oxygen atoms in total. The number of carbonyl (C=O) groups excluding carboxylic acids is 1. The second-order valence-electron chi connectivity index (χ2n) is 7.44. The van der Waals surface area contributed by atoms with Gasteiger partial charge in [-0.2, -0.15) is 0 Å². The molecule has 28 heavy (non-hydrogen) atoms. The Morgan fingerprint density at radius 2 is 1.68 bits per heavy atom. The normalized spacial score (nSPS) is 13.6. The van der Waals surface area contributed by atoms with Gasteiger partial charge in [-0.15, -0.1) is 0 Å². The Morgan fingerprint density at radius 3 is 2.25 bits per heavy atom. The van der Waals surface area contributed by atoms with Crippen molar-refractivity contribution in [2.24, 2.45) is 0 Å². The molecule has 2 rings (SSSR count). The molecular weight excluding hydrogens is 372 g/mol. The standard InChI is InChI=1S/C22H30N2O3S/c1-16-11-14-21(15-17(16)2)24(28(5,26)27)19(4)22(25)23-18(3)12-13-20-9-7-6-8-10-20/h6-11,14-15,18-19H,12-13H2,1-5H3,(H,23,25)/t18-,19-/m1/s1. The molecule has 2 aromatic carbocycles. The van der Waals surface area contributed by atoms with Gasteiger partial charge in [-0.25, -0.2) is 8.42 Å². The molecular formula is C22H30N2O3S. The van der Waals surface area contributed by atoms with Gasteiger partial charge in [-0.3, -0.25) is 9.10 Å². The zero-order valence-electron chi connectivity index (χ0n) is 17.3. The van der Waals surface area contributed by atoms with Gasteiger partial charge < -0.3 is 5.32 Å². The van der Waals surface area contributed by atoms with Crippen LogP contribution in [0.3, 0.4) is 0 Å². The van der Waals surface area contributed by atoms with Crippen LogP contribution < -0.4 is 9.62 Å². The lowest BCUT2D eigenvalue weighted by Crippen LogP contribution is -2.50. The lowest BCUT2D eigenvalue weighted by Gasteiger charge is -2.29. The fourth-order valence-corrected chi connectivity index (χ4v) is 4.30. The van der Waals surface area contributed by atoms with Crippen molar-refractivity contribution in [3.8, 4) is 0 Å². The number of sulfonamides is 1. The highest BCUT2D eigenvalue weighted by Gasteiger charge is 2.29. The average Bonchev–Trinajstić information content (AvgIpc) is 2.62. The predicted octanol–water partition coefficient (Wildman–Crippen LogP) is 3.60. The van der Waals surface area contributed by atoms with E-state index < -0.39 is 16.1 Å². The first-order valence-electron chi connectivity index (χ1n) is 9.50. The van der Waals surface area contributed by atoms with Crippen LogP contribution in [0.4, 0.5) is 5.69 Å². The van der Waals surface area contributed by atoms with Crippen LogP contribution in [-0.2, 0) is 21.2 Å². The van der Waals surface area contributed by atoms with Crippen molar-refractivity contribution in [1.82, 2.24) is 5.32 Å². The number of nitrogens with zero attached hydrogens (tertiary/aromatic N) is 1. The summed E-state index contributed by atoms with van der Waals surface area (Å²) in [6, 6.07) is 14.6. The van der Waals surface area contributed by atoms with E-state index in [1.807, 2.05) is 45.0 Å². The molecule has 0 aliphatic carbocycles. The number of amides is 1. The van der Waals surface area contributed by atoms with Gasteiger partial charge >= 0.3 is 0 Å². The van der Waals surface area contributed by atoms with Gasteiger partial charge in [0.05, 0.1) is 11.9 Å². The van der Waals surface area contributed by atoms with Crippen LogP contribution in [0.1, 0.15) is 37.0 Å². The van der Waals surface area contributed by atoms with Crippen molar-refractivity contribution < 1.29 is 13.2 Å². The Hall–Kier alpha value is -2.34. The van der Waals surface area contributed by atoms with E-state index in [0.717, 1.165) is 30.2 Å². The fourth-order valence-electron chi connectivity index (χ4n) is 3.13. The quantitative estimate of drug-likeness (QED) is 0.734. The molecule has 0 unspecified atom stereocenters. The van der Waals surface area contributed by atoms with Crippen molar-refractivity contribution in [3.63, 3.8) is 0 Å². The minimum Gasteiger partial charge on any atom is -0.352 e. The Morgan fingerprint density at radius 1 is 1.04 bits per heavy atom. The number of hydrogen-bond acceptors (Lipinski definition) is 3. The van der Waals surface area contributed by atoms with Crippen molar-refractivity contribution in [3.05, 3.63) is 65.2 Å². The highest BCUT2D eigenvalue weighted by Crippen LogP contribution is 2.23. The van der Waals surface area contributed by atoms with Crippen LogP contribution in [-0.4, -0.2) is 32.7 Å². The van der Waals surface area contributed by atoms with E-state index in [-0.39, 0.29) is 11.9 Å². The molecule has 6 heteroatoms. The van der Waals surface area contributed by atoms with Crippen LogP contribution in [0.5, 0.6) is 0 Å². The highest BCUT2D eigenvalue weighted by atomic mass is 32.2. The largest absolute Gasteiger partial charge is 0.352 e. The van der Waals surface area contributed by atoms with Gasteiger partial charge in [-0.1, -0.05) is 36.4 Å². The van der Waals surface area contributed by atoms with Gasteiger partial charge in [0, 0.05) is 6.04 Å². The molecule has 0 fully saturated rings. The molecule has 1 N–H and O–H groups in total. The maximum atomic E-state index is 12.8. The molecule has 0 aliphatic heterocycles. The summed E-state index contributed by atoms with van der Waals surface area (Å²) in [6.07, 6.45) is 2.76. The molecule has 0 spiro atoms. The zero-order valence-corrected chi connectivity index (χ0v) is 18.1. The van der Waals surface area contributed by atoms with Gasteiger partial charge in [0.1, 0.15) is 6.04 Å². The monoisotopic (exact) mass is 402 g/mol. The summed E-state index contributed by atoms with van der Waals surface area (Å²) in [5.41, 5.74) is 3.77. The lowest BCUT2D eigenvalue weighted by molar-refractivity contribution is -0.122. The molecule has 1 amide bonds. The van der Waals surface area contributed by atoms with E-state index >= 15 is 0 Å². The molecule has 2 atom stereocenters. The number of carbonyl (C=O) groups is 1. The molecule has 0 saturated heterocycles. The first-order valence-corrected chi connectivity index (χ1v) is 11.4. The van der Waals surface area contributed by atoms with Crippen molar-refractivity contribution in [2.45, 2.75) is 52.6 Å². The Balaban J connectivity index is 2.09. The van der Waals surface area contributed by atoms with E-state index in [1.165, 1.54) is 9.87 Å². The summed E-state index contributed by atoms with van der Waals surface area (Å²) >= 11 is 0. The number of benzene rings is 2. The molecule has 0 saturated carbocycles. The number of anilines is 1. The number of aryl methyl sites for hydroxylation is 3. The Labute approximate surface area is 168 Å². The fraction of sp³-hybridized carbons (Fsp3) is 0.409. The molecule has 2 aromatic rings. The minimum atomic E-state index is -3.61. The predicted molar refractivity (Wildman–Crippen MR) is 115 cm³/mol. The summed E-state index contributed by atoms with van der Waals surface area (Å²) < 4.78 is 26.0. The molecule has 0 radical (unpaired) electrons. The van der Waals surface area contributed by atoms with Crippen LogP contribution in [0, 0.1) is 13.8 Å². The third-order valence-electron chi connectivity index (χ3n) is 4.93. The van der Waals surface area contributed by atoms with Crippen molar-refractivity contribution in [2.75, 3.05) is 10.6 Å². The van der Waals surface area contributed by atoms with Crippen molar-refractivity contribution >= 4 is 21.6 Å². The maximum absolute atomic E-state index is 12.8. The molecule has 152 valence electrons. The first kappa shape index (κ1) is 22.0. The third-order valence-corrected chi connectivity index (χ3v) is 6.17. The van der Waals surface area contributed by atoms with Gasteiger partial charge in [0.25, 0.3) is 0 Å². The molecule has 0 heterocycles. The van der Waals surface area contributed by atoms with E-state index in [0.29, 0.717) is 5.69 Å². The summed E-state index contributed by atoms with van der Waals surface area (Å²) in [5.74, 6) is -0.302. The number of nitrogens with one attached hydrogen (secondary N) is 1. The summed E-state index contributed by atoms with van der Waals surface area (Å²) in [5, 5.41) is 2.95. The minimum absolute atomic E-state index is 0.0590. The number of hydrogen-bond donors (Lipinski definition) is 1. The smallest absolute Gasteiger partial charge is 0.243 e. The summed E-state index contributed by atoms with van der Waals surface area (Å²) in [6.45, 7) is 7.45. The zero-order chi connectivity index (χ0) is 20.9. The summed E-state index contributed by atoms with van der Waals surface area (Å²) in [4.78, 5) is 12.8. The summed E-state index contributed by atoms with van der Waals surface area (Å²) in [7, 11) is -3.61. The molecule has 0 aromatic heterocycles. The van der Waals surface area contributed by atoms with Gasteiger partial charge in [0.15, 0.2) is 0 Å². The Bertz CT molecular complexity index is 911. The van der Waals surface area contributed by atoms with Crippen LogP contribution in [0.2, 0.25) is 0 Å². The van der Waals surface area contributed by atoms with Crippen LogP contribution >= 0.6 is 0 Å². The maximum Gasteiger partial charge on any atom is 0.243 e. The molecule has 0 aliphatic rings. The Kier molecular flexibility index (Phi) is 7.24. The van der Waals surface area contributed by atoms with Crippen molar-refractivity contribution in [1.29, 1.82) is 0 Å². The topological polar surface area (TPSA) is 66.5 Å². The van der Waals surface area contributed by atoms with Crippen LogP contribution in [0.15, 0.2) is 48.5 Å². The van der Waals surface area contributed by atoms with E-state index in [4.69, 9.17) is 0 Å². The lowest BCUT2D eigenvalue weighted by atomic mass is 10.1. The number of rotatable bonds is 8. The highest BCUT2D eigenvalue weighted by molar-refractivity contribution is 7.92. The SMILES string of the molecule is Cc1ccc(N([C@H](C)C(=O)N[C@H](C)CCc2ccccc2)S(C)(=O)=O)cc1C. The van der Waals surface area contributed by atoms with Crippen LogP contribution in [0.25, 0.3) is 0 Å². The second-order valence-corrected chi connectivity index (χ2v) is 9.30. The van der Waals surface area contributed by atoms with Gasteiger partial charge in [0.2, 0.25) is 15.9 Å². The van der Waals surface area contributed by atoms with Gasteiger partial charge in [-0.05, 0) is 69.4 Å². The third kappa shape index (κ3) is 5.83.